The number of benzene rings is 1. The molecule has 2 heteroatoms. The Balaban J connectivity index is 2.27. The monoisotopic (exact) mass is 259 g/mol. The molecule has 0 aliphatic heterocycles. The van der Waals surface area contributed by atoms with E-state index < -0.39 is 0 Å². The fraction of sp³-hybridized carbons (Fsp3) is 0.588. The predicted molar refractivity (Wildman–Crippen MR) is 79.4 cm³/mol. The fourth-order valence-electron chi connectivity index (χ4n) is 2.93. The van der Waals surface area contributed by atoms with Gasteiger partial charge in [-0.15, -0.1) is 0 Å². The van der Waals surface area contributed by atoms with E-state index in [4.69, 9.17) is 0 Å². The van der Waals surface area contributed by atoms with E-state index in [1.54, 1.807) is 0 Å². The number of hydrogen-bond acceptors (Lipinski definition) is 2. The largest absolute Gasteiger partial charge is 0.310 e. The smallest absolute Gasteiger partial charge is 0.133 e. The van der Waals surface area contributed by atoms with Crippen LogP contribution in [0, 0.1) is 0 Å². The molecule has 1 fully saturated rings. The molecule has 1 aromatic rings. The Hall–Kier alpha value is -1.15. The van der Waals surface area contributed by atoms with E-state index in [-0.39, 0.29) is 11.0 Å². The molecule has 0 saturated heterocycles. The Kier molecular flexibility index (Phi) is 3.82. The zero-order chi connectivity index (χ0) is 14.1. The molecule has 1 aromatic carbocycles. The van der Waals surface area contributed by atoms with Crippen molar-refractivity contribution in [1.82, 2.24) is 5.32 Å². The highest BCUT2D eigenvalue weighted by molar-refractivity contribution is 5.79. The molecule has 0 aromatic heterocycles. The molecule has 19 heavy (non-hydrogen) atoms. The Morgan fingerprint density at radius 2 is 1.58 bits per heavy atom. The van der Waals surface area contributed by atoms with Crippen LogP contribution in [-0.4, -0.2) is 12.8 Å². The minimum Gasteiger partial charge on any atom is -0.310 e. The Morgan fingerprint density at radius 1 is 1.05 bits per heavy atom. The zero-order valence-corrected chi connectivity index (χ0v) is 12.5. The van der Waals surface area contributed by atoms with Gasteiger partial charge in [0.2, 0.25) is 0 Å². The molecule has 0 unspecified atom stereocenters. The molecular formula is C17H25NO. The highest BCUT2D eigenvalue weighted by Gasteiger charge is 2.34. The molecule has 2 nitrogen and oxygen atoms in total. The van der Waals surface area contributed by atoms with E-state index in [9.17, 15) is 4.79 Å². The molecule has 1 N–H and O–H groups in total. The van der Waals surface area contributed by atoms with Gasteiger partial charge in [0.15, 0.2) is 0 Å². The van der Waals surface area contributed by atoms with E-state index in [2.05, 4.69) is 50.4 Å². The van der Waals surface area contributed by atoms with Gasteiger partial charge in [0.25, 0.3) is 0 Å². The second-order valence-electron chi connectivity index (χ2n) is 6.70. The van der Waals surface area contributed by atoms with Crippen LogP contribution in [0.1, 0.15) is 57.6 Å². The van der Waals surface area contributed by atoms with Gasteiger partial charge < -0.3 is 5.32 Å². The Labute approximate surface area is 116 Å². The maximum atomic E-state index is 11.5. The minimum atomic E-state index is -0.00960. The summed E-state index contributed by atoms with van der Waals surface area (Å²) in [5.74, 6) is 0.400. The van der Waals surface area contributed by atoms with Crippen LogP contribution in [0.5, 0.6) is 0 Å². The van der Waals surface area contributed by atoms with Crippen molar-refractivity contribution >= 4 is 5.78 Å². The second kappa shape index (κ2) is 5.09. The second-order valence-corrected chi connectivity index (χ2v) is 6.70. The number of carbonyl (C=O) groups excluding carboxylic acids is 1. The first-order chi connectivity index (χ1) is 8.87. The first-order valence-corrected chi connectivity index (χ1v) is 7.19. The van der Waals surface area contributed by atoms with Gasteiger partial charge >= 0.3 is 0 Å². The molecule has 1 aliphatic rings. The van der Waals surface area contributed by atoms with Gasteiger partial charge in [-0.1, -0.05) is 45.0 Å². The number of nitrogens with one attached hydrogen (secondary N) is 1. The summed E-state index contributed by atoms with van der Waals surface area (Å²) in [5.41, 5.74) is 2.85. The summed E-state index contributed by atoms with van der Waals surface area (Å²) in [6, 6.07) is 8.91. The molecule has 1 saturated carbocycles. The van der Waals surface area contributed by atoms with Crippen molar-refractivity contribution in [2.24, 2.45) is 0 Å². The molecular weight excluding hydrogens is 234 g/mol. The third-order valence-corrected chi connectivity index (χ3v) is 4.44. The summed E-state index contributed by atoms with van der Waals surface area (Å²) in [4.78, 5) is 11.5. The van der Waals surface area contributed by atoms with E-state index in [1.807, 2.05) is 7.05 Å². The van der Waals surface area contributed by atoms with Crippen molar-refractivity contribution in [1.29, 1.82) is 0 Å². The SMILES string of the molecule is CNC1(c2ccc(C(C)(C)C)cc2)CCC(=O)CC1. The molecule has 0 spiro atoms. The number of hydrogen-bond donors (Lipinski definition) is 1. The molecule has 0 atom stereocenters. The number of rotatable bonds is 2. The number of carbonyl (C=O) groups is 1. The van der Waals surface area contributed by atoms with Gasteiger partial charge in [-0.25, -0.2) is 0 Å². The van der Waals surface area contributed by atoms with Crippen molar-refractivity contribution in [2.75, 3.05) is 7.05 Å². The lowest BCUT2D eigenvalue weighted by Crippen LogP contribution is -2.43. The normalized spacial score (nSPS) is 19.5. The van der Waals surface area contributed by atoms with E-state index in [1.165, 1.54) is 11.1 Å². The Morgan fingerprint density at radius 3 is 2.00 bits per heavy atom. The first-order valence-electron chi connectivity index (χ1n) is 7.19. The molecule has 1 aliphatic carbocycles. The van der Waals surface area contributed by atoms with Gasteiger partial charge in [0, 0.05) is 18.4 Å². The van der Waals surface area contributed by atoms with Crippen molar-refractivity contribution in [3.05, 3.63) is 35.4 Å². The third-order valence-electron chi connectivity index (χ3n) is 4.44. The van der Waals surface area contributed by atoms with Crippen LogP contribution in [0.4, 0.5) is 0 Å². The number of Topliss-reactive ketones (excluding diaryl/α,β-unsaturated/α-hetero) is 1. The van der Waals surface area contributed by atoms with E-state index >= 15 is 0 Å². The highest BCUT2D eigenvalue weighted by atomic mass is 16.1. The topological polar surface area (TPSA) is 29.1 Å². The standard InChI is InChI=1S/C17H25NO/c1-16(2,3)13-5-7-14(8-6-13)17(18-4)11-9-15(19)10-12-17/h5-8,18H,9-12H2,1-4H3. The van der Waals surface area contributed by atoms with Gasteiger partial charge in [-0.3, -0.25) is 4.79 Å². The van der Waals surface area contributed by atoms with Crippen LogP contribution in [0.3, 0.4) is 0 Å². The lowest BCUT2D eigenvalue weighted by molar-refractivity contribution is -0.121. The average molecular weight is 259 g/mol. The van der Waals surface area contributed by atoms with Crippen LogP contribution in [0.15, 0.2) is 24.3 Å². The van der Waals surface area contributed by atoms with Crippen LogP contribution in [0.2, 0.25) is 0 Å². The van der Waals surface area contributed by atoms with Crippen molar-refractivity contribution in [3.8, 4) is 0 Å². The van der Waals surface area contributed by atoms with Crippen molar-refractivity contribution < 1.29 is 4.79 Å². The summed E-state index contributed by atoms with van der Waals surface area (Å²) in [6.45, 7) is 6.69. The quantitative estimate of drug-likeness (QED) is 0.880. The lowest BCUT2D eigenvalue weighted by Gasteiger charge is -2.37. The molecule has 104 valence electrons. The molecule has 0 radical (unpaired) electrons. The summed E-state index contributed by atoms with van der Waals surface area (Å²) in [6.07, 6.45) is 3.22. The summed E-state index contributed by atoms with van der Waals surface area (Å²) < 4.78 is 0. The van der Waals surface area contributed by atoms with Crippen LogP contribution in [-0.2, 0) is 15.7 Å². The molecule has 2 rings (SSSR count). The summed E-state index contributed by atoms with van der Waals surface area (Å²) >= 11 is 0. The minimum absolute atomic E-state index is 0.00960. The van der Waals surface area contributed by atoms with Crippen molar-refractivity contribution in [3.63, 3.8) is 0 Å². The van der Waals surface area contributed by atoms with Crippen LogP contribution < -0.4 is 5.32 Å². The van der Waals surface area contributed by atoms with Gasteiger partial charge in [0.1, 0.15) is 5.78 Å². The number of ketones is 1. The summed E-state index contributed by atoms with van der Waals surface area (Å²) in [5, 5.41) is 3.46. The predicted octanol–water partition coefficient (Wildman–Crippen LogP) is 3.54. The molecule has 0 bridgehead atoms. The van der Waals surface area contributed by atoms with Gasteiger partial charge in [0.05, 0.1) is 0 Å². The summed E-state index contributed by atoms with van der Waals surface area (Å²) in [7, 11) is 2.01. The van der Waals surface area contributed by atoms with Crippen LogP contribution >= 0.6 is 0 Å². The van der Waals surface area contributed by atoms with E-state index in [0.717, 1.165) is 12.8 Å². The average Bonchev–Trinajstić information content (AvgIpc) is 2.39. The van der Waals surface area contributed by atoms with Gasteiger partial charge in [-0.05, 0) is 36.4 Å². The lowest BCUT2D eigenvalue weighted by atomic mass is 9.75. The first kappa shape index (κ1) is 14.3. The highest BCUT2D eigenvalue weighted by Crippen LogP contribution is 2.36. The maximum absolute atomic E-state index is 11.5. The molecule has 0 amide bonds. The third kappa shape index (κ3) is 2.89. The Bertz CT molecular complexity index is 443. The zero-order valence-electron chi connectivity index (χ0n) is 12.5. The fourth-order valence-corrected chi connectivity index (χ4v) is 2.93. The molecule has 0 heterocycles. The maximum Gasteiger partial charge on any atom is 0.133 e. The van der Waals surface area contributed by atoms with Gasteiger partial charge in [-0.2, -0.15) is 0 Å². The van der Waals surface area contributed by atoms with Crippen molar-refractivity contribution in [2.45, 2.75) is 57.4 Å². The van der Waals surface area contributed by atoms with Crippen LogP contribution in [0.25, 0.3) is 0 Å². The van der Waals surface area contributed by atoms with E-state index in [0.29, 0.717) is 18.6 Å².